The van der Waals surface area contributed by atoms with Crippen molar-refractivity contribution in [1.82, 2.24) is 9.88 Å². The SMILES string of the molecule is O=C(Cc1sc(-c2ccccc2)nc1-c1cccs1)Nc1ccccc1C(=O)N1CCCCC1. The van der Waals surface area contributed by atoms with Crippen LogP contribution in [0.3, 0.4) is 0 Å². The van der Waals surface area contributed by atoms with Crippen LogP contribution in [0.1, 0.15) is 34.5 Å². The van der Waals surface area contributed by atoms with Gasteiger partial charge in [-0.1, -0.05) is 48.5 Å². The highest BCUT2D eigenvalue weighted by molar-refractivity contribution is 7.17. The third-order valence-corrected chi connectivity index (χ3v) is 7.85. The molecule has 5 nitrogen and oxygen atoms in total. The van der Waals surface area contributed by atoms with Crippen LogP contribution in [0.4, 0.5) is 5.69 Å². The standard InChI is InChI=1S/C27H25N3O2S2/c31-24(28-21-13-6-5-12-20(21)27(32)30-15-7-2-8-16-30)18-23-25(22-14-9-17-33-22)29-26(34-23)19-10-3-1-4-11-19/h1,3-6,9-14,17H,2,7-8,15-16,18H2,(H,28,31). The molecule has 2 aromatic carbocycles. The molecule has 0 spiro atoms. The fourth-order valence-corrected chi connectivity index (χ4v) is 6.05. The quantitative estimate of drug-likeness (QED) is 0.345. The third kappa shape index (κ3) is 4.95. The molecule has 0 radical (unpaired) electrons. The number of para-hydroxylation sites is 1. The van der Waals surface area contributed by atoms with E-state index in [1.54, 1.807) is 34.8 Å². The second kappa shape index (κ2) is 10.3. The molecule has 172 valence electrons. The maximum absolute atomic E-state index is 13.1. The molecule has 1 aliphatic rings. The van der Waals surface area contributed by atoms with E-state index in [4.69, 9.17) is 4.98 Å². The lowest BCUT2D eigenvalue weighted by molar-refractivity contribution is -0.115. The van der Waals surface area contributed by atoms with Crippen LogP contribution >= 0.6 is 22.7 Å². The van der Waals surface area contributed by atoms with E-state index >= 15 is 0 Å². The first kappa shape index (κ1) is 22.5. The number of hydrogen-bond acceptors (Lipinski definition) is 5. The first-order valence-electron chi connectivity index (χ1n) is 11.5. The van der Waals surface area contributed by atoms with Crippen molar-refractivity contribution in [2.75, 3.05) is 18.4 Å². The predicted molar refractivity (Wildman–Crippen MR) is 139 cm³/mol. The number of anilines is 1. The first-order chi connectivity index (χ1) is 16.7. The second-order valence-electron chi connectivity index (χ2n) is 8.26. The fourth-order valence-electron chi connectivity index (χ4n) is 4.17. The molecule has 1 saturated heterocycles. The number of amides is 2. The number of piperidine rings is 1. The van der Waals surface area contributed by atoms with Gasteiger partial charge < -0.3 is 10.2 Å². The average molecular weight is 488 g/mol. The van der Waals surface area contributed by atoms with Gasteiger partial charge in [-0.2, -0.15) is 0 Å². The molecule has 3 heterocycles. The Bertz CT molecular complexity index is 1280. The van der Waals surface area contributed by atoms with Gasteiger partial charge in [0.25, 0.3) is 5.91 Å². The molecule has 34 heavy (non-hydrogen) atoms. The zero-order valence-electron chi connectivity index (χ0n) is 18.7. The van der Waals surface area contributed by atoms with Crippen LogP contribution in [0, 0.1) is 0 Å². The van der Waals surface area contributed by atoms with E-state index in [-0.39, 0.29) is 18.2 Å². The lowest BCUT2D eigenvalue weighted by Gasteiger charge is -2.27. The average Bonchev–Trinajstić information content (AvgIpc) is 3.55. The summed E-state index contributed by atoms with van der Waals surface area (Å²) >= 11 is 3.16. The van der Waals surface area contributed by atoms with Crippen LogP contribution in [-0.2, 0) is 11.2 Å². The largest absolute Gasteiger partial charge is 0.339 e. The van der Waals surface area contributed by atoms with Gasteiger partial charge in [0.15, 0.2) is 0 Å². The first-order valence-corrected chi connectivity index (χ1v) is 13.2. The predicted octanol–water partition coefficient (Wildman–Crippen LogP) is 6.35. The number of thiazole rings is 1. The summed E-state index contributed by atoms with van der Waals surface area (Å²) in [5.41, 5.74) is 3.00. The molecular weight excluding hydrogens is 462 g/mol. The summed E-state index contributed by atoms with van der Waals surface area (Å²) in [6.45, 7) is 1.54. The molecule has 0 unspecified atom stereocenters. The van der Waals surface area contributed by atoms with Gasteiger partial charge in [0, 0.05) is 23.5 Å². The van der Waals surface area contributed by atoms with Crippen molar-refractivity contribution in [3.63, 3.8) is 0 Å². The maximum atomic E-state index is 13.1. The molecule has 5 rings (SSSR count). The molecule has 2 amide bonds. The minimum absolute atomic E-state index is 0.0148. The van der Waals surface area contributed by atoms with Gasteiger partial charge in [0.1, 0.15) is 5.01 Å². The van der Waals surface area contributed by atoms with E-state index in [9.17, 15) is 9.59 Å². The molecular formula is C27H25N3O2S2. The number of hydrogen-bond donors (Lipinski definition) is 1. The Labute approximate surface area is 207 Å². The van der Waals surface area contributed by atoms with Crippen LogP contribution in [0.15, 0.2) is 72.1 Å². The molecule has 0 aliphatic carbocycles. The highest BCUT2D eigenvalue weighted by Gasteiger charge is 2.22. The Kier molecular flexibility index (Phi) is 6.83. The number of carbonyl (C=O) groups is 2. The van der Waals surface area contributed by atoms with E-state index < -0.39 is 0 Å². The Balaban J connectivity index is 1.38. The van der Waals surface area contributed by atoms with Crippen LogP contribution in [-0.4, -0.2) is 34.8 Å². The molecule has 4 aromatic rings. The van der Waals surface area contributed by atoms with Gasteiger partial charge in [0.2, 0.25) is 5.91 Å². The van der Waals surface area contributed by atoms with Crippen molar-refractivity contribution in [3.8, 4) is 21.1 Å². The summed E-state index contributed by atoms with van der Waals surface area (Å²) in [6.07, 6.45) is 3.42. The number of thiophene rings is 1. The summed E-state index contributed by atoms with van der Waals surface area (Å²) in [5, 5.41) is 5.91. The van der Waals surface area contributed by atoms with Crippen molar-refractivity contribution in [1.29, 1.82) is 0 Å². The number of likely N-dealkylation sites (tertiary alicyclic amines) is 1. The zero-order valence-corrected chi connectivity index (χ0v) is 20.3. The number of benzene rings is 2. The van der Waals surface area contributed by atoms with Gasteiger partial charge in [0.05, 0.1) is 28.2 Å². The normalized spacial score (nSPS) is 13.6. The second-order valence-corrected chi connectivity index (χ2v) is 10.3. The number of nitrogens with zero attached hydrogens (tertiary/aromatic N) is 2. The molecule has 0 bridgehead atoms. The summed E-state index contributed by atoms with van der Waals surface area (Å²) in [6, 6.07) is 21.3. The van der Waals surface area contributed by atoms with Gasteiger partial charge in [-0.25, -0.2) is 4.98 Å². The van der Waals surface area contributed by atoms with Crippen molar-refractivity contribution >= 4 is 40.2 Å². The van der Waals surface area contributed by atoms with Crippen molar-refractivity contribution < 1.29 is 9.59 Å². The number of aromatic nitrogens is 1. The number of rotatable bonds is 6. The van der Waals surface area contributed by atoms with E-state index in [0.29, 0.717) is 11.3 Å². The molecule has 1 aliphatic heterocycles. The highest BCUT2D eigenvalue weighted by atomic mass is 32.1. The summed E-state index contributed by atoms with van der Waals surface area (Å²) in [5.74, 6) is -0.168. The van der Waals surface area contributed by atoms with Gasteiger partial charge in [-0.15, -0.1) is 22.7 Å². The monoisotopic (exact) mass is 487 g/mol. The Morgan fingerprint density at radius 2 is 1.68 bits per heavy atom. The van der Waals surface area contributed by atoms with E-state index in [2.05, 4.69) is 5.32 Å². The van der Waals surface area contributed by atoms with Crippen molar-refractivity contribution in [3.05, 3.63) is 82.6 Å². The Morgan fingerprint density at radius 3 is 2.44 bits per heavy atom. The van der Waals surface area contributed by atoms with Crippen LogP contribution in [0.25, 0.3) is 21.1 Å². The summed E-state index contributed by atoms with van der Waals surface area (Å²) in [7, 11) is 0. The van der Waals surface area contributed by atoms with Crippen molar-refractivity contribution in [2.24, 2.45) is 0 Å². The highest BCUT2D eigenvalue weighted by Crippen LogP contribution is 2.36. The molecule has 2 aromatic heterocycles. The van der Waals surface area contributed by atoms with E-state index in [1.807, 2.05) is 64.9 Å². The van der Waals surface area contributed by atoms with Gasteiger partial charge in [-0.05, 0) is 42.8 Å². The minimum atomic E-state index is -0.153. The smallest absolute Gasteiger partial charge is 0.255 e. The van der Waals surface area contributed by atoms with Gasteiger partial charge >= 0.3 is 0 Å². The van der Waals surface area contributed by atoms with Crippen LogP contribution in [0.5, 0.6) is 0 Å². The lowest BCUT2D eigenvalue weighted by Crippen LogP contribution is -2.36. The topological polar surface area (TPSA) is 62.3 Å². The van der Waals surface area contributed by atoms with Gasteiger partial charge in [-0.3, -0.25) is 9.59 Å². The summed E-state index contributed by atoms with van der Waals surface area (Å²) < 4.78 is 0. The van der Waals surface area contributed by atoms with Crippen LogP contribution in [0.2, 0.25) is 0 Å². The Morgan fingerprint density at radius 1 is 0.912 bits per heavy atom. The summed E-state index contributed by atoms with van der Waals surface area (Å²) in [4.78, 5) is 35.0. The molecule has 1 fully saturated rings. The maximum Gasteiger partial charge on any atom is 0.255 e. The van der Waals surface area contributed by atoms with E-state index in [0.717, 1.165) is 58.4 Å². The number of nitrogens with one attached hydrogen (secondary N) is 1. The Hall–Kier alpha value is -3.29. The molecule has 1 N–H and O–H groups in total. The van der Waals surface area contributed by atoms with Crippen LogP contribution < -0.4 is 5.32 Å². The minimum Gasteiger partial charge on any atom is -0.339 e. The molecule has 0 saturated carbocycles. The fraction of sp³-hybridized carbons (Fsp3) is 0.222. The zero-order chi connectivity index (χ0) is 23.3. The third-order valence-electron chi connectivity index (χ3n) is 5.87. The van der Waals surface area contributed by atoms with E-state index in [1.165, 1.54) is 0 Å². The lowest BCUT2D eigenvalue weighted by atomic mass is 10.1. The molecule has 7 heteroatoms. The number of carbonyl (C=O) groups excluding carboxylic acids is 2. The molecule has 0 atom stereocenters. The van der Waals surface area contributed by atoms with Crippen molar-refractivity contribution in [2.45, 2.75) is 25.7 Å².